The van der Waals surface area contributed by atoms with E-state index in [4.69, 9.17) is 4.79 Å². The van der Waals surface area contributed by atoms with Gasteiger partial charge in [0.1, 0.15) is 0 Å². The van der Waals surface area contributed by atoms with E-state index in [1.165, 1.54) is 0 Å². The first-order chi connectivity index (χ1) is 1.41. The highest BCUT2D eigenvalue weighted by Crippen LogP contribution is 1.42. The van der Waals surface area contributed by atoms with Crippen molar-refractivity contribution in [3.63, 3.8) is 0 Å². The number of hydrogen-bond donors (Lipinski definition) is 1. The molecule has 0 saturated heterocycles. The Balaban J connectivity index is 0. The molecule has 0 aromatic heterocycles. The molecule has 26 valence electrons. The van der Waals surface area contributed by atoms with E-state index in [9.17, 15) is 0 Å². The Morgan fingerprint density at radius 3 is 1.75 bits per heavy atom. The second-order valence-corrected chi connectivity index (χ2v) is 0.231. The average molecular weight is 81.5 g/mol. The largest absolute Gasteiger partial charge is 0.525 e. The minimum Gasteiger partial charge on any atom is -0.525 e. The summed E-state index contributed by atoms with van der Waals surface area (Å²) in [5.41, 5.74) is 0. The maximum atomic E-state index is 8.45. The van der Waals surface area contributed by atoms with Crippen molar-refractivity contribution in [1.82, 2.24) is 6.15 Å². The Morgan fingerprint density at radius 1 is 1.75 bits per heavy atom. The van der Waals surface area contributed by atoms with Crippen LogP contribution in [0.1, 0.15) is 0 Å². The van der Waals surface area contributed by atoms with Crippen molar-refractivity contribution in [2.45, 2.75) is 0 Å². The van der Waals surface area contributed by atoms with Gasteiger partial charge in [0, 0.05) is 0 Å². The standard InChI is InChI=1S/CClO.H3N/c2-1-3;/h;1H3/q-1;/p+1. The molecule has 0 aliphatic heterocycles. The Morgan fingerprint density at radius 2 is 1.75 bits per heavy atom. The predicted molar refractivity (Wildman–Crippen MR) is 17.5 cm³/mol. The first kappa shape index (κ1) is 9.07. The Hall–Kier alpha value is -0.0800. The van der Waals surface area contributed by atoms with Crippen LogP contribution in [0.2, 0.25) is 0 Å². The van der Waals surface area contributed by atoms with Crippen LogP contribution in [0.25, 0.3) is 0 Å². The van der Waals surface area contributed by atoms with Crippen LogP contribution in [-0.2, 0) is 4.79 Å². The fourth-order valence-electron chi connectivity index (χ4n) is 0. The van der Waals surface area contributed by atoms with Crippen LogP contribution >= 0.6 is 11.6 Å². The molecule has 0 unspecified atom stereocenters. The summed E-state index contributed by atoms with van der Waals surface area (Å²) in [5, 5.41) is 0. The molecule has 0 aromatic rings. The monoisotopic (exact) mass is 81.0 g/mol. The highest BCUT2D eigenvalue weighted by Gasteiger charge is 0.959. The van der Waals surface area contributed by atoms with Crippen LogP contribution < -0.4 is 6.15 Å². The van der Waals surface area contributed by atoms with Crippen LogP contribution in [0.3, 0.4) is 0 Å². The first-order valence-corrected chi connectivity index (χ1v) is 0.771. The molecule has 3 heteroatoms. The predicted octanol–water partition coefficient (Wildman–Crippen LogP) is 0.669. The van der Waals surface area contributed by atoms with E-state index < -0.39 is 0 Å². The third-order valence-corrected chi connectivity index (χ3v) is 0. The molecule has 0 heterocycles. The van der Waals surface area contributed by atoms with Gasteiger partial charge in [0.2, 0.25) is 0 Å². The second kappa shape index (κ2) is 12.7. The summed E-state index contributed by atoms with van der Waals surface area (Å²) in [4.78, 5) is 8.45. The molecule has 4 N–H and O–H groups in total. The molecule has 2 nitrogen and oxygen atoms in total. The minimum absolute atomic E-state index is 0. The normalized spacial score (nSPS) is 3.25. The van der Waals surface area contributed by atoms with Crippen molar-refractivity contribution in [3.05, 3.63) is 0 Å². The molecule has 0 atom stereocenters. The summed E-state index contributed by atoms with van der Waals surface area (Å²) in [7, 11) is 0. The molecule has 0 aliphatic rings. The summed E-state index contributed by atoms with van der Waals surface area (Å²) in [6.07, 6.45) is 0. The van der Waals surface area contributed by atoms with Crippen LogP contribution in [0.5, 0.6) is 0 Å². The lowest BCUT2D eigenvalue weighted by Gasteiger charge is -1.51. The van der Waals surface area contributed by atoms with Gasteiger partial charge in [-0.05, 0) is 0 Å². The maximum Gasteiger partial charge on any atom is -0.167 e. The van der Waals surface area contributed by atoms with Crippen LogP contribution in [-0.4, -0.2) is 5.75 Å². The molecule has 0 amide bonds. The molecular weight excluding hydrogens is 77.5 g/mol. The Labute approximate surface area is 29.3 Å². The fourth-order valence-corrected chi connectivity index (χ4v) is 0. The molecule has 0 spiro atoms. The molecule has 0 rings (SSSR count). The second-order valence-electron chi connectivity index (χ2n) is 0.0772. The minimum atomic E-state index is 0. The van der Waals surface area contributed by atoms with Crippen molar-refractivity contribution in [1.29, 1.82) is 0 Å². The van der Waals surface area contributed by atoms with Gasteiger partial charge < -0.3 is 22.5 Å². The zero-order valence-electron chi connectivity index (χ0n) is 2.29. The van der Waals surface area contributed by atoms with Gasteiger partial charge in [-0.15, -0.1) is 0 Å². The highest BCUT2D eigenvalue weighted by molar-refractivity contribution is 6.54. The van der Waals surface area contributed by atoms with Gasteiger partial charge in [-0.1, -0.05) is 0 Å². The lowest BCUT2D eigenvalue weighted by atomic mass is 11.8. The average Bonchev–Trinajstić information content (AvgIpc) is 0.918. The summed E-state index contributed by atoms with van der Waals surface area (Å²) in [5.74, 6) is 0.972. The molecule has 0 saturated carbocycles. The third kappa shape index (κ3) is 254. The molecule has 0 aromatic carbocycles. The van der Waals surface area contributed by atoms with Crippen LogP contribution in [0, 0.1) is 0 Å². The van der Waals surface area contributed by atoms with Gasteiger partial charge in [0.05, 0.1) is 0 Å². The molecule has 0 aliphatic carbocycles. The number of halogens is 1. The van der Waals surface area contributed by atoms with E-state index in [-0.39, 0.29) is 6.15 Å². The van der Waals surface area contributed by atoms with Crippen LogP contribution in [0.4, 0.5) is 0 Å². The third-order valence-electron chi connectivity index (χ3n) is 0. The van der Waals surface area contributed by atoms with E-state index in [1.807, 2.05) is 0 Å². The highest BCUT2D eigenvalue weighted by atomic mass is 35.5. The van der Waals surface area contributed by atoms with Gasteiger partial charge in [0.15, 0.2) is 0 Å². The lowest BCUT2D eigenvalue weighted by molar-refractivity contribution is 0.569. The molecular formula is CH4ClNO. The van der Waals surface area contributed by atoms with E-state index >= 15 is 0 Å². The zero-order valence-corrected chi connectivity index (χ0v) is 3.04. The van der Waals surface area contributed by atoms with Crippen molar-refractivity contribution in [2.24, 2.45) is 0 Å². The fraction of sp³-hybridized carbons (Fsp3) is 0. The van der Waals surface area contributed by atoms with E-state index in [0.29, 0.717) is 0 Å². The maximum absolute atomic E-state index is 8.45. The molecule has 4 heavy (non-hydrogen) atoms. The quantitative estimate of drug-likeness (QED) is 0.338. The van der Waals surface area contributed by atoms with Crippen molar-refractivity contribution < 1.29 is 4.79 Å². The Bertz CT molecular complexity index is 15.5. The number of quaternary nitrogens is 1. The molecule has 0 radical (unpaired) electrons. The van der Waals surface area contributed by atoms with Gasteiger partial charge >= 0.3 is 0 Å². The summed E-state index contributed by atoms with van der Waals surface area (Å²) >= 11 is 4.19. The van der Waals surface area contributed by atoms with Crippen molar-refractivity contribution >= 4 is 17.3 Å². The van der Waals surface area contributed by atoms with E-state index in [2.05, 4.69) is 11.6 Å². The van der Waals surface area contributed by atoms with E-state index in [0.717, 1.165) is 5.75 Å². The SMILES string of the molecule is O=[C-]Cl.[NH4+]. The topological polar surface area (TPSA) is 53.6 Å². The molecule has 0 bridgehead atoms. The Kier molecular flexibility index (Phi) is 28.8. The van der Waals surface area contributed by atoms with Crippen LogP contribution in [0.15, 0.2) is 0 Å². The van der Waals surface area contributed by atoms with Crippen molar-refractivity contribution in [2.75, 3.05) is 0 Å². The van der Waals surface area contributed by atoms with Gasteiger partial charge in [-0.3, -0.25) is 0 Å². The number of hydrogen-bond acceptors (Lipinski definition) is 1. The molecule has 0 fully saturated rings. The van der Waals surface area contributed by atoms with Gasteiger partial charge in [-0.2, -0.15) is 5.75 Å². The van der Waals surface area contributed by atoms with E-state index in [1.54, 1.807) is 0 Å². The van der Waals surface area contributed by atoms with Gasteiger partial charge in [-0.25, -0.2) is 0 Å². The summed E-state index contributed by atoms with van der Waals surface area (Å²) < 4.78 is 0. The van der Waals surface area contributed by atoms with Gasteiger partial charge in [0.25, 0.3) is 0 Å². The lowest BCUT2D eigenvalue weighted by Crippen LogP contribution is -1.24. The summed E-state index contributed by atoms with van der Waals surface area (Å²) in [6.45, 7) is 0. The number of rotatable bonds is 0. The summed E-state index contributed by atoms with van der Waals surface area (Å²) in [6, 6.07) is 0. The first-order valence-electron chi connectivity index (χ1n) is 0.393. The number of carbonyl (C=O) groups excluding carboxylic acids is 1. The smallest absolute Gasteiger partial charge is 0.167 e. The zero-order chi connectivity index (χ0) is 2.71. The van der Waals surface area contributed by atoms with Crippen molar-refractivity contribution in [3.8, 4) is 0 Å².